The fourth-order valence-corrected chi connectivity index (χ4v) is 6.28. The smallest absolute Gasteiger partial charge is 0.410 e. The van der Waals surface area contributed by atoms with Gasteiger partial charge in [-0.3, -0.25) is 4.79 Å². The molecule has 46 heavy (non-hydrogen) atoms. The second-order valence-electron chi connectivity index (χ2n) is 11.8. The summed E-state index contributed by atoms with van der Waals surface area (Å²) in [5.41, 5.74) is 11.1. The zero-order valence-corrected chi connectivity index (χ0v) is 25.5. The van der Waals surface area contributed by atoms with Gasteiger partial charge in [-0.15, -0.1) is 0 Å². The predicted octanol–water partition coefficient (Wildman–Crippen LogP) is 5.80. The van der Waals surface area contributed by atoms with Gasteiger partial charge in [0.25, 0.3) is 0 Å². The summed E-state index contributed by atoms with van der Waals surface area (Å²) in [7, 11) is 1.57. The van der Waals surface area contributed by atoms with Crippen molar-refractivity contribution in [2.24, 2.45) is 5.92 Å². The molecule has 5 aromatic rings. The maximum Gasteiger partial charge on any atom is 0.410 e. The number of anilines is 2. The molecule has 3 heterocycles. The molecule has 11 nitrogen and oxygen atoms in total. The van der Waals surface area contributed by atoms with Crippen molar-refractivity contribution < 1.29 is 19.1 Å². The van der Waals surface area contributed by atoms with Crippen LogP contribution in [0.15, 0.2) is 85.2 Å². The number of nitrogen functional groups attached to an aromatic ring is 1. The minimum Gasteiger partial charge on any atom is -0.495 e. The van der Waals surface area contributed by atoms with Crippen LogP contribution in [0.1, 0.15) is 42.3 Å². The van der Waals surface area contributed by atoms with Crippen molar-refractivity contribution in [1.82, 2.24) is 24.6 Å². The summed E-state index contributed by atoms with van der Waals surface area (Å²) in [4.78, 5) is 36.4. The molecule has 2 atom stereocenters. The van der Waals surface area contributed by atoms with Crippen LogP contribution in [0.5, 0.6) is 5.75 Å². The molecule has 2 aliphatic rings. The Bertz CT molecular complexity index is 1870. The molecule has 3 aromatic carbocycles. The van der Waals surface area contributed by atoms with E-state index >= 15 is 0 Å². The monoisotopic (exact) mass is 617 g/mol. The number of piperidine rings is 1. The van der Waals surface area contributed by atoms with E-state index in [4.69, 9.17) is 20.3 Å². The van der Waals surface area contributed by atoms with E-state index < -0.39 is 0 Å². The average Bonchev–Trinajstić information content (AvgIpc) is 3.82. The summed E-state index contributed by atoms with van der Waals surface area (Å²) in [6, 6.07) is 25.3. The molecule has 1 aliphatic carbocycles. The van der Waals surface area contributed by atoms with Crippen LogP contribution in [0, 0.1) is 5.92 Å². The Morgan fingerprint density at radius 2 is 1.72 bits per heavy atom. The Kier molecular flexibility index (Phi) is 7.96. The lowest BCUT2D eigenvalue weighted by Gasteiger charge is -2.31. The standard InChI is InChI=1S/C35H35N7O4/c1-45-29-18-24(12-13-28(29)39-34(43)27-19-26(27)23-10-6-3-7-11-23)31-30-32(36)37-21-38-33(30)42(40-31)25-14-16-41(17-15-25)35(44)46-20-22-8-4-2-5-9-22/h2-13,18,21,25-27H,14-17,19-20H2,1H3,(H,39,43)(H2,36,37,38)/t26-,27+/m0/s1. The summed E-state index contributed by atoms with van der Waals surface area (Å²) in [5, 5.41) is 8.70. The third kappa shape index (κ3) is 5.83. The number of rotatable bonds is 8. The second kappa shape index (κ2) is 12.5. The van der Waals surface area contributed by atoms with Gasteiger partial charge in [-0.1, -0.05) is 66.7 Å². The van der Waals surface area contributed by atoms with Gasteiger partial charge in [0.2, 0.25) is 5.91 Å². The van der Waals surface area contributed by atoms with E-state index in [0.717, 1.165) is 17.5 Å². The zero-order chi connectivity index (χ0) is 31.6. The van der Waals surface area contributed by atoms with Gasteiger partial charge in [-0.05, 0) is 48.4 Å². The fraction of sp³-hybridized carbons (Fsp3) is 0.286. The van der Waals surface area contributed by atoms with Crippen LogP contribution in [0.3, 0.4) is 0 Å². The quantitative estimate of drug-likeness (QED) is 0.223. The Balaban J connectivity index is 1.07. The highest BCUT2D eigenvalue weighted by Crippen LogP contribution is 2.48. The first kappa shape index (κ1) is 29.3. The summed E-state index contributed by atoms with van der Waals surface area (Å²) < 4.78 is 13.1. The molecule has 2 aromatic heterocycles. The van der Waals surface area contributed by atoms with Crippen LogP contribution in [-0.4, -0.2) is 56.8 Å². The second-order valence-corrected chi connectivity index (χ2v) is 11.8. The van der Waals surface area contributed by atoms with Crippen molar-refractivity contribution in [3.63, 3.8) is 0 Å². The van der Waals surface area contributed by atoms with Crippen LogP contribution < -0.4 is 15.8 Å². The summed E-state index contributed by atoms with van der Waals surface area (Å²) in [6.45, 7) is 1.30. The number of fused-ring (bicyclic) bond motifs is 1. The number of amides is 2. The molecule has 1 saturated carbocycles. The SMILES string of the molecule is COc1cc(-c2nn(C3CCN(C(=O)OCc4ccccc4)CC3)c3ncnc(N)c23)ccc1NC(=O)[C@@H]1C[C@H]1c1ccccc1. The lowest BCUT2D eigenvalue weighted by molar-refractivity contribution is -0.117. The van der Waals surface area contributed by atoms with Crippen molar-refractivity contribution >= 4 is 34.5 Å². The first-order chi connectivity index (χ1) is 22.5. The van der Waals surface area contributed by atoms with Crippen LogP contribution in [0.25, 0.3) is 22.3 Å². The lowest BCUT2D eigenvalue weighted by atomic mass is 10.1. The Morgan fingerprint density at radius 3 is 2.46 bits per heavy atom. The van der Waals surface area contributed by atoms with E-state index in [-0.39, 0.29) is 36.5 Å². The van der Waals surface area contributed by atoms with E-state index in [9.17, 15) is 9.59 Å². The fourth-order valence-electron chi connectivity index (χ4n) is 6.28. The number of carbonyl (C=O) groups excluding carboxylic acids is 2. The molecule has 2 fully saturated rings. The van der Waals surface area contributed by atoms with Crippen molar-refractivity contribution in [2.75, 3.05) is 31.2 Å². The maximum absolute atomic E-state index is 13.1. The molecule has 7 rings (SSSR count). The number of likely N-dealkylation sites (tertiary alicyclic amines) is 1. The van der Waals surface area contributed by atoms with E-state index in [1.807, 2.05) is 71.4 Å². The summed E-state index contributed by atoms with van der Waals surface area (Å²) in [5.74, 6) is 0.980. The van der Waals surface area contributed by atoms with Gasteiger partial charge in [0, 0.05) is 24.6 Å². The van der Waals surface area contributed by atoms with Gasteiger partial charge in [-0.25, -0.2) is 19.4 Å². The number of hydrogen-bond acceptors (Lipinski definition) is 8. The Labute approximate surface area is 266 Å². The minimum absolute atomic E-state index is 0.000262. The van der Waals surface area contributed by atoms with Gasteiger partial charge in [0.05, 0.1) is 24.2 Å². The Hall–Kier alpha value is -5.45. The highest BCUT2D eigenvalue weighted by Gasteiger charge is 2.44. The number of hydrogen-bond donors (Lipinski definition) is 2. The van der Waals surface area contributed by atoms with Crippen molar-refractivity contribution in [2.45, 2.75) is 37.8 Å². The summed E-state index contributed by atoms with van der Waals surface area (Å²) >= 11 is 0. The molecular weight excluding hydrogens is 582 g/mol. The summed E-state index contributed by atoms with van der Waals surface area (Å²) in [6.07, 6.45) is 3.30. The molecule has 1 saturated heterocycles. The van der Waals surface area contributed by atoms with Crippen LogP contribution in [0.2, 0.25) is 0 Å². The Morgan fingerprint density at radius 1 is 0.978 bits per heavy atom. The molecule has 1 aliphatic heterocycles. The first-order valence-electron chi connectivity index (χ1n) is 15.5. The normalized spacial score (nSPS) is 17.9. The zero-order valence-electron chi connectivity index (χ0n) is 25.5. The molecule has 0 bridgehead atoms. The van der Waals surface area contributed by atoms with Crippen LogP contribution >= 0.6 is 0 Å². The van der Waals surface area contributed by atoms with Gasteiger partial charge in [0.15, 0.2) is 5.65 Å². The molecule has 0 radical (unpaired) electrons. The number of aromatic nitrogens is 4. The van der Waals surface area contributed by atoms with Gasteiger partial charge < -0.3 is 25.4 Å². The average molecular weight is 618 g/mol. The van der Waals surface area contributed by atoms with Crippen molar-refractivity contribution in [3.8, 4) is 17.0 Å². The maximum atomic E-state index is 13.1. The van der Waals surface area contributed by atoms with E-state index in [2.05, 4.69) is 27.4 Å². The molecule has 11 heteroatoms. The predicted molar refractivity (Wildman–Crippen MR) is 174 cm³/mol. The minimum atomic E-state index is -0.323. The number of nitrogens with zero attached hydrogens (tertiary/aromatic N) is 5. The number of methoxy groups -OCH3 is 1. The molecule has 3 N–H and O–H groups in total. The van der Waals surface area contributed by atoms with Crippen molar-refractivity contribution in [1.29, 1.82) is 0 Å². The van der Waals surface area contributed by atoms with Crippen LogP contribution in [0.4, 0.5) is 16.3 Å². The first-order valence-corrected chi connectivity index (χ1v) is 15.5. The molecule has 2 amide bonds. The number of ether oxygens (including phenoxy) is 2. The third-order valence-electron chi connectivity index (χ3n) is 8.88. The number of nitrogens with one attached hydrogen (secondary N) is 1. The molecule has 0 unspecified atom stereocenters. The van der Waals surface area contributed by atoms with E-state index in [1.165, 1.54) is 11.9 Å². The van der Waals surface area contributed by atoms with Gasteiger partial charge in [0.1, 0.15) is 30.2 Å². The highest BCUT2D eigenvalue weighted by molar-refractivity contribution is 6.00. The molecular formula is C35H35N7O4. The lowest BCUT2D eigenvalue weighted by Crippen LogP contribution is -2.39. The van der Waals surface area contributed by atoms with Gasteiger partial charge >= 0.3 is 6.09 Å². The van der Waals surface area contributed by atoms with Gasteiger partial charge in [-0.2, -0.15) is 5.10 Å². The third-order valence-corrected chi connectivity index (χ3v) is 8.88. The van der Waals surface area contributed by atoms with E-state index in [0.29, 0.717) is 59.9 Å². The number of carbonyl (C=O) groups is 2. The van der Waals surface area contributed by atoms with Crippen LogP contribution in [-0.2, 0) is 16.1 Å². The van der Waals surface area contributed by atoms with E-state index in [1.54, 1.807) is 12.0 Å². The van der Waals surface area contributed by atoms with Crippen molar-refractivity contribution in [3.05, 3.63) is 96.3 Å². The molecule has 0 spiro atoms. The largest absolute Gasteiger partial charge is 0.495 e. The topological polar surface area (TPSA) is 137 Å². The molecule has 234 valence electrons. The number of benzene rings is 3. The number of nitrogens with two attached hydrogens (primary N) is 1. The highest BCUT2D eigenvalue weighted by atomic mass is 16.6.